The van der Waals surface area contributed by atoms with Gasteiger partial charge in [-0.15, -0.1) is 0 Å². The van der Waals surface area contributed by atoms with Gasteiger partial charge in [0.2, 0.25) is 0 Å². The zero-order valence-corrected chi connectivity index (χ0v) is 9.22. The largest absolute Gasteiger partial charge is 0.454 e. The van der Waals surface area contributed by atoms with Crippen LogP contribution >= 0.6 is 11.6 Å². The first-order chi connectivity index (χ1) is 8.08. The molecule has 0 aliphatic carbocycles. The lowest BCUT2D eigenvalue weighted by Gasteiger charge is -2.25. The summed E-state index contributed by atoms with van der Waals surface area (Å²) in [4.78, 5) is 25.0. The summed E-state index contributed by atoms with van der Waals surface area (Å²) in [5, 5.41) is 10.4. The minimum atomic E-state index is -0.737. The third kappa shape index (κ3) is 2.51. The number of carbonyl (C=O) groups is 1. The monoisotopic (exact) mass is 258 g/mol. The summed E-state index contributed by atoms with van der Waals surface area (Å²) in [5.74, 6) is -0.737. The van der Waals surface area contributed by atoms with Crippen LogP contribution in [0.3, 0.4) is 0 Å². The van der Waals surface area contributed by atoms with E-state index in [9.17, 15) is 14.9 Å². The second-order valence-electron chi connectivity index (χ2n) is 3.35. The SMILES string of the molecule is O=C(OC1COC1)c1cc([N+](=O)[O-])cnc1Cl. The van der Waals surface area contributed by atoms with E-state index >= 15 is 0 Å². The quantitative estimate of drug-likeness (QED) is 0.350. The molecule has 1 aliphatic heterocycles. The second-order valence-corrected chi connectivity index (χ2v) is 3.71. The van der Waals surface area contributed by atoms with Crippen molar-refractivity contribution in [3.63, 3.8) is 0 Å². The van der Waals surface area contributed by atoms with Gasteiger partial charge in [-0.3, -0.25) is 10.1 Å². The Hall–Kier alpha value is -1.73. The zero-order chi connectivity index (χ0) is 12.4. The van der Waals surface area contributed by atoms with Crippen LogP contribution in [-0.2, 0) is 9.47 Å². The summed E-state index contributed by atoms with van der Waals surface area (Å²) in [5.41, 5.74) is -0.432. The van der Waals surface area contributed by atoms with Gasteiger partial charge in [-0.2, -0.15) is 0 Å². The minimum Gasteiger partial charge on any atom is -0.454 e. The van der Waals surface area contributed by atoms with Crippen molar-refractivity contribution in [3.8, 4) is 0 Å². The van der Waals surface area contributed by atoms with Gasteiger partial charge < -0.3 is 9.47 Å². The molecule has 1 saturated heterocycles. The molecule has 17 heavy (non-hydrogen) atoms. The van der Waals surface area contributed by atoms with E-state index in [1.807, 2.05) is 0 Å². The van der Waals surface area contributed by atoms with E-state index in [2.05, 4.69) is 4.98 Å². The Balaban J connectivity index is 2.20. The van der Waals surface area contributed by atoms with Crippen LogP contribution in [0.2, 0.25) is 5.15 Å². The van der Waals surface area contributed by atoms with Crippen molar-refractivity contribution in [2.45, 2.75) is 6.10 Å². The van der Waals surface area contributed by atoms with E-state index < -0.39 is 10.9 Å². The molecule has 90 valence electrons. The highest BCUT2D eigenvalue weighted by molar-refractivity contribution is 6.32. The molecule has 1 fully saturated rings. The molecule has 7 nitrogen and oxygen atoms in total. The van der Waals surface area contributed by atoms with Gasteiger partial charge >= 0.3 is 5.97 Å². The molecule has 0 atom stereocenters. The Labute approximate surface area is 100 Å². The third-order valence-electron chi connectivity index (χ3n) is 2.14. The van der Waals surface area contributed by atoms with Gasteiger partial charge in [0.25, 0.3) is 5.69 Å². The van der Waals surface area contributed by atoms with Crippen molar-refractivity contribution in [1.29, 1.82) is 0 Å². The highest BCUT2D eigenvalue weighted by Crippen LogP contribution is 2.21. The molecule has 0 bridgehead atoms. The van der Waals surface area contributed by atoms with Crippen molar-refractivity contribution >= 4 is 23.3 Å². The van der Waals surface area contributed by atoms with Crippen LogP contribution in [0.25, 0.3) is 0 Å². The van der Waals surface area contributed by atoms with E-state index in [0.29, 0.717) is 13.2 Å². The maximum atomic E-state index is 11.6. The van der Waals surface area contributed by atoms with E-state index in [1.54, 1.807) is 0 Å². The molecule has 0 amide bonds. The lowest BCUT2D eigenvalue weighted by Crippen LogP contribution is -2.37. The Kier molecular flexibility index (Phi) is 3.21. The number of pyridine rings is 1. The second kappa shape index (κ2) is 4.64. The summed E-state index contributed by atoms with van der Waals surface area (Å²) >= 11 is 5.67. The number of hydrogen-bond acceptors (Lipinski definition) is 6. The van der Waals surface area contributed by atoms with Crippen LogP contribution < -0.4 is 0 Å². The number of halogens is 1. The lowest BCUT2D eigenvalue weighted by molar-refractivity contribution is -0.385. The Morgan fingerprint density at radius 3 is 2.88 bits per heavy atom. The number of esters is 1. The van der Waals surface area contributed by atoms with Crippen molar-refractivity contribution in [2.75, 3.05) is 13.2 Å². The fourth-order valence-electron chi connectivity index (χ4n) is 1.18. The van der Waals surface area contributed by atoms with Crippen molar-refractivity contribution in [2.24, 2.45) is 0 Å². The first kappa shape index (κ1) is 11.7. The van der Waals surface area contributed by atoms with Crippen molar-refractivity contribution in [3.05, 3.63) is 33.1 Å². The number of aromatic nitrogens is 1. The average Bonchev–Trinajstić information content (AvgIpc) is 2.23. The number of nitro groups is 1. The lowest BCUT2D eigenvalue weighted by atomic mass is 10.2. The van der Waals surface area contributed by atoms with Gasteiger partial charge in [-0.05, 0) is 0 Å². The molecule has 2 heterocycles. The Bertz CT molecular complexity index is 474. The third-order valence-corrected chi connectivity index (χ3v) is 2.44. The molecular weight excluding hydrogens is 252 g/mol. The zero-order valence-electron chi connectivity index (χ0n) is 8.46. The molecule has 0 unspecified atom stereocenters. The highest BCUT2D eigenvalue weighted by atomic mass is 35.5. The van der Waals surface area contributed by atoms with Gasteiger partial charge in [0, 0.05) is 6.07 Å². The van der Waals surface area contributed by atoms with Crippen molar-refractivity contribution < 1.29 is 19.2 Å². The van der Waals surface area contributed by atoms with Gasteiger partial charge in [-0.25, -0.2) is 9.78 Å². The molecular formula is C9H7ClN2O5. The van der Waals surface area contributed by atoms with Crippen LogP contribution in [0.15, 0.2) is 12.3 Å². The number of hydrogen-bond donors (Lipinski definition) is 0. The van der Waals surface area contributed by atoms with Crippen molar-refractivity contribution in [1.82, 2.24) is 4.98 Å². The first-order valence-electron chi connectivity index (χ1n) is 4.66. The number of carbonyl (C=O) groups excluding carboxylic acids is 1. The summed E-state index contributed by atoms with van der Waals surface area (Å²) in [6.45, 7) is 0.650. The van der Waals surface area contributed by atoms with E-state index in [4.69, 9.17) is 21.1 Å². The van der Waals surface area contributed by atoms with E-state index in [1.165, 1.54) is 0 Å². The normalized spacial score (nSPS) is 15.1. The number of ether oxygens (including phenoxy) is 2. The maximum Gasteiger partial charge on any atom is 0.341 e. The fraction of sp³-hybridized carbons (Fsp3) is 0.333. The van der Waals surface area contributed by atoms with Gasteiger partial charge in [0.05, 0.1) is 18.1 Å². The van der Waals surface area contributed by atoms with Crippen LogP contribution in [-0.4, -0.2) is 35.2 Å². The Morgan fingerprint density at radius 2 is 2.35 bits per heavy atom. The van der Waals surface area contributed by atoms with E-state index in [-0.39, 0.29) is 22.5 Å². The maximum absolute atomic E-state index is 11.6. The predicted molar refractivity (Wildman–Crippen MR) is 55.9 cm³/mol. The molecule has 0 N–H and O–H groups in total. The van der Waals surface area contributed by atoms with Gasteiger partial charge in [-0.1, -0.05) is 11.6 Å². The van der Waals surface area contributed by atoms with Gasteiger partial charge in [0.15, 0.2) is 0 Å². The molecule has 1 aromatic rings. The Morgan fingerprint density at radius 1 is 1.65 bits per heavy atom. The first-order valence-corrected chi connectivity index (χ1v) is 5.04. The predicted octanol–water partition coefficient (Wildman–Crippen LogP) is 1.20. The van der Waals surface area contributed by atoms with Gasteiger partial charge in [0.1, 0.15) is 23.0 Å². The number of rotatable bonds is 3. The molecule has 0 radical (unpaired) electrons. The number of nitrogens with zero attached hydrogens (tertiary/aromatic N) is 2. The summed E-state index contributed by atoms with van der Waals surface area (Å²) < 4.78 is 9.81. The molecule has 8 heteroatoms. The molecule has 0 saturated carbocycles. The molecule has 0 spiro atoms. The minimum absolute atomic E-state index is 0.118. The summed E-state index contributed by atoms with van der Waals surface area (Å²) in [7, 11) is 0. The topological polar surface area (TPSA) is 91.6 Å². The standard InChI is InChI=1S/C9H7ClN2O5/c10-8-7(1-5(2-11-8)12(14)15)9(13)17-6-3-16-4-6/h1-2,6H,3-4H2. The van der Waals surface area contributed by atoms with Crippen LogP contribution in [0.4, 0.5) is 5.69 Å². The molecule has 0 aromatic carbocycles. The highest BCUT2D eigenvalue weighted by Gasteiger charge is 2.26. The molecule has 2 rings (SSSR count). The van der Waals surface area contributed by atoms with E-state index in [0.717, 1.165) is 12.3 Å². The molecule has 1 aromatic heterocycles. The average molecular weight is 259 g/mol. The summed E-state index contributed by atoms with van der Waals surface area (Å²) in [6, 6.07) is 1.04. The van der Waals surface area contributed by atoms with Crippen LogP contribution in [0.5, 0.6) is 0 Å². The fourth-order valence-corrected chi connectivity index (χ4v) is 1.36. The van der Waals surface area contributed by atoms with Crippen LogP contribution in [0, 0.1) is 10.1 Å². The summed E-state index contributed by atoms with van der Waals surface area (Å²) in [6.07, 6.45) is 0.656. The smallest absolute Gasteiger partial charge is 0.341 e. The molecule has 1 aliphatic rings. The van der Waals surface area contributed by atoms with Crippen LogP contribution in [0.1, 0.15) is 10.4 Å².